The van der Waals surface area contributed by atoms with Crippen molar-refractivity contribution in [2.45, 2.75) is 83.1 Å². The first-order chi connectivity index (χ1) is 15.5. The van der Waals surface area contributed by atoms with Gasteiger partial charge in [0, 0.05) is 24.7 Å². The second-order valence-corrected chi connectivity index (χ2v) is 10.2. The highest BCUT2D eigenvalue weighted by molar-refractivity contribution is 5.83. The highest BCUT2D eigenvalue weighted by Crippen LogP contribution is 2.58. The Balaban J connectivity index is 1.34. The summed E-state index contributed by atoms with van der Waals surface area (Å²) in [7, 11) is 0. The van der Waals surface area contributed by atoms with Crippen LogP contribution in [0.5, 0.6) is 5.75 Å². The molecule has 32 heavy (non-hydrogen) atoms. The Morgan fingerprint density at radius 3 is 2.34 bits per heavy atom. The second-order valence-electron chi connectivity index (χ2n) is 10.2. The van der Waals surface area contributed by atoms with Gasteiger partial charge in [0.25, 0.3) is 0 Å². The molecule has 5 heteroatoms. The van der Waals surface area contributed by atoms with Crippen LogP contribution in [0.15, 0.2) is 36.2 Å². The third-order valence-electron chi connectivity index (χ3n) is 8.56. The number of nitrogens with one attached hydrogen (secondary N) is 1. The Morgan fingerprint density at radius 1 is 1.16 bits per heavy atom. The maximum absolute atomic E-state index is 13.3. The predicted molar refractivity (Wildman–Crippen MR) is 124 cm³/mol. The highest BCUT2D eigenvalue weighted by Gasteiger charge is 2.53. The lowest BCUT2D eigenvalue weighted by Crippen LogP contribution is -2.54. The third-order valence-corrected chi connectivity index (χ3v) is 8.56. The molecule has 1 N–H and O–H groups in total. The first kappa shape index (κ1) is 23.3. The summed E-state index contributed by atoms with van der Waals surface area (Å²) in [4.78, 5) is 13.3. The molecule has 3 saturated carbocycles. The third kappa shape index (κ3) is 4.73. The van der Waals surface area contributed by atoms with E-state index < -0.39 is 0 Å². The zero-order valence-electron chi connectivity index (χ0n) is 19.6. The number of hydrogen-bond donors (Lipinski definition) is 1. The van der Waals surface area contributed by atoms with Gasteiger partial charge in [-0.25, -0.2) is 4.39 Å². The lowest BCUT2D eigenvalue weighted by Gasteiger charge is -2.53. The van der Waals surface area contributed by atoms with E-state index in [1.54, 1.807) is 0 Å². The Kier molecular flexibility index (Phi) is 7.24. The van der Waals surface area contributed by atoms with Crippen molar-refractivity contribution in [3.05, 3.63) is 41.7 Å². The Hall–Kier alpha value is -1.88. The zero-order valence-corrected chi connectivity index (χ0v) is 19.6. The molecule has 0 unspecified atom stereocenters. The monoisotopic (exact) mass is 443 g/mol. The van der Waals surface area contributed by atoms with Gasteiger partial charge in [0.15, 0.2) is 0 Å². The van der Waals surface area contributed by atoms with E-state index in [-0.39, 0.29) is 22.8 Å². The van der Waals surface area contributed by atoms with Crippen molar-refractivity contribution < 1.29 is 18.7 Å². The quantitative estimate of drug-likeness (QED) is 0.548. The zero-order chi connectivity index (χ0) is 22.6. The standard InChI is InChI=1S/C27H38FNO3/c1-3-21(18-28)19-32-24-6-4-23(5-7-24)26-10-13-27(14-11-26,15-12-26)25(30)29-20(2)22-8-16-31-17-9-22/h4-7,18,20,22H,3,8-17,19H2,1-2H3,(H,29,30)/b21-18+/t20-,26?,27?/m1/s1. The van der Waals surface area contributed by atoms with Crippen LogP contribution in [0.2, 0.25) is 0 Å². The summed E-state index contributed by atoms with van der Waals surface area (Å²) in [6.45, 7) is 6.01. The van der Waals surface area contributed by atoms with Crippen molar-refractivity contribution in [2.75, 3.05) is 19.8 Å². The molecule has 3 aliphatic carbocycles. The Bertz CT molecular complexity index is 788. The van der Waals surface area contributed by atoms with Crippen molar-refractivity contribution in [1.82, 2.24) is 5.32 Å². The summed E-state index contributed by atoms with van der Waals surface area (Å²) in [6.07, 6.45) is 9.49. The van der Waals surface area contributed by atoms with E-state index >= 15 is 0 Å². The van der Waals surface area contributed by atoms with E-state index in [1.165, 1.54) is 5.56 Å². The predicted octanol–water partition coefficient (Wildman–Crippen LogP) is 5.85. The lowest BCUT2D eigenvalue weighted by atomic mass is 9.51. The molecule has 1 aromatic carbocycles. The van der Waals surface area contributed by atoms with Crippen molar-refractivity contribution in [2.24, 2.45) is 11.3 Å². The molecule has 1 saturated heterocycles. The van der Waals surface area contributed by atoms with Gasteiger partial charge in [-0.1, -0.05) is 19.1 Å². The Labute approximate surface area is 191 Å². The highest BCUT2D eigenvalue weighted by atomic mass is 19.1. The minimum absolute atomic E-state index is 0.181. The molecule has 0 spiro atoms. The molecular weight excluding hydrogens is 405 g/mol. The summed E-state index contributed by atoms with van der Waals surface area (Å²) in [5, 5.41) is 3.39. The number of amides is 1. The van der Waals surface area contributed by atoms with E-state index in [0.29, 0.717) is 30.8 Å². The number of benzene rings is 1. The Morgan fingerprint density at radius 2 is 1.78 bits per heavy atom. The van der Waals surface area contributed by atoms with E-state index in [4.69, 9.17) is 9.47 Å². The summed E-state index contributed by atoms with van der Waals surface area (Å²) in [6, 6.07) is 8.59. The number of ether oxygens (including phenoxy) is 2. The maximum Gasteiger partial charge on any atom is 0.226 e. The molecule has 1 aliphatic heterocycles. The van der Waals surface area contributed by atoms with E-state index in [2.05, 4.69) is 24.4 Å². The SMILES string of the molecule is CC/C(=C\F)COc1ccc(C23CCC(C(=O)N[C@H](C)C4CCOCC4)(CC2)CC3)cc1. The van der Waals surface area contributed by atoms with Gasteiger partial charge >= 0.3 is 0 Å². The van der Waals surface area contributed by atoms with Crippen LogP contribution in [0.3, 0.4) is 0 Å². The summed E-state index contributed by atoms with van der Waals surface area (Å²) >= 11 is 0. The van der Waals surface area contributed by atoms with Crippen LogP contribution in [0, 0.1) is 11.3 Å². The normalized spacial score (nSPS) is 29.5. The number of rotatable bonds is 8. The van der Waals surface area contributed by atoms with Crippen LogP contribution in [0.4, 0.5) is 4.39 Å². The smallest absolute Gasteiger partial charge is 0.226 e. The number of fused-ring (bicyclic) bond motifs is 3. The molecule has 0 radical (unpaired) electrons. The van der Waals surface area contributed by atoms with Gasteiger partial charge in [-0.2, -0.15) is 0 Å². The average Bonchev–Trinajstić information content (AvgIpc) is 2.86. The summed E-state index contributed by atoms with van der Waals surface area (Å²) in [5.74, 6) is 1.59. The lowest BCUT2D eigenvalue weighted by molar-refractivity contribution is -0.139. The fourth-order valence-corrected chi connectivity index (χ4v) is 5.94. The van der Waals surface area contributed by atoms with Gasteiger partial charge < -0.3 is 14.8 Å². The molecule has 4 fully saturated rings. The van der Waals surface area contributed by atoms with E-state index in [1.807, 2.05) is 19.1 Å². The number of carbonyl (C=O) groups is 1. The molecule has 176 valence electrons. The minimum Gasteiger partial charge on any atom is -0.489 e. The van der Waals surface area contributed by atoms with Crippen molar-refractivity contribution >= 4 is 5.91 Å². The van der Waals surface area contributed by atoms with Crippen molar-refractivity contribution in [3.8, 4) is 5.75 Å². The second kappa shape index (κ2) is 9.94. The molecule has 1 aromatic rings. The molecule has 2 bridgehead atoms. The van der Waals surface area contributed by atoms with Crippen molar-refractivity contribution in [3.63, 3.8) is 0 Å². The molecule has 1 amide bonds. The minimum atomic E-state index is -0.181. The van der Waals surface area contributed by atoms with Crippen molar-refractivity contribution in [1.29, 1.82) is 0 Å². The van der Waals surface area contributed by atoms with Gasteiger partial charge in [0.05, 0.1) is 6.33 Å². The van der Waals surface area contributed by atoms with Gasteiger partial charge in [-0.3, -0.25) is 4.79 Å². The fourth-order valence-electron chi connectivity index (χ4n) is 5.94. The summed E-state index contributed by atoms with van der Waals surface area (Å²) < 4.78 is 24.0. The van der Waals surface area contributed by atoms with Gasteiger partial charge in [-0.15, -0.1) is 0 Å². The van der Waals surface area contributed by atoms with Crippen LogP contribution < -0.4 is 10.1 Å². The molecule has 4 aliphatic rings. The molecular formula is C27H38FNO3. The van der Waals surface area contributed by atoms with Gasteiger partial charge in [0.1, 0.15) is 12.4 Å². The van der Waals surface area contributed by atoms with Crippen LogP contribution in [-0.2, 0) is 14.9 Å². The van der Waals surface area contributed by atoms with E-state index in [9.17, 15) is 9.18 Å². The fraction of sp³-hybridized carbons (Fsp3) is 0.667. The maximum atomic E-state index is 13.3. The van der Waals surface area contributed by atoms with Crippen LogP contribution >= 0.6 is 0 Å². The number of hydrogen-bond acceptors (Lipinski definition) is 3. The molecule has 1 atom stereocenters. The van der Waals surface area contributed by atoms with Gasteiger partial charge in [-0.05, 0) is 99.3 Å². The topological polar surface area (TPSA) is 47.6 Å². The molecule has 0 aromatic heterocycles. The van der Waals surface area contributed by atoms with Crippen LogP contribution in [-0.4, -0.2) is 31.8 Å². The van der Waals surface area contributed by atoms with Crippen LogP contribution in [0.1, 0.15) is 77.2 Å². The van der Waals surface area contributed by atoms with Gasteiger partial charge in [0.2, 0.25) is 5.91 Å². The molecule has 5 rings (SSSR count). The number of carbonyl (C=O) groups excluding carboxylic acids is 1. The first-order valence-electron chi connectivity index (χ1n) is 12.4. The first-order valence-corrected chi connectivity index (χ1v) is 12.4. The number of halogens is 1. The average molecular weight is 444 g/mol. The molecule has 1 heterocycles. The molecule has 4 nitrogen and oxygen atoms in total. The summed E-state index contributed by atoms with van der Waals surface area (Å²) in [5.41, 5.74) is 2.01. The van der Waals surface area contributed by atoms with E-state index in [0.717, 1.165) is 70.3 Å². The van der Waals surface area contributed by atoms with Crippen LogP contribution in [0.25, 0.3) is 0 Å². The largest absolute Gasteiger partial charge is 0.489 e.